The van der Waals surface area contributed by atoms with E-state index in [0.29, 0.717) is 65.1 Å². The van der Waals surface area contributed by atoms with Gasteiger partial charge in [0.15, 0.2) is 0 Å². The number of nitrogens with one attached hydrogen (secondary N) is 2. The van der Waals surface area contributed by atoms with Crippen LogP contribution in [0.3, 0.4) is 0 Å². The molecule has 45 heavy (non-hydrogen) atoms. The van der Waals surface area contributed by atoms with E-state index < -0.39 is 11.8 Å². The van der Waals surface area contributed by atoms with Crippen molar-refractivity contribution in [2.75, 3.05) is 10.6 Å². The first-order valence-corrected chi connectivity index (χ1v) is 16.7. The average molecular weight is 627 g/mol. The van der Waals surface area contributed by atoms with Crippen LogP contribution in [0.15, 0.2) is 12.4 Å². The van der Waals surface area contributed by atoms with Gasteiger partial charge in [-0.2, -0.15) is 0 Å². The number of nitrogens with two attached hydrogens (primary N) is 2. The highest BCUT2D eigenvalue weighted by Crippen LogP contribution is 2.29. The molecule has 0 aliphatic heterocycles. The zero-order valence-electron chi connectivity index (χ0n) is 27.5. The van der Waals surface area contributed by atoms with Gasteiger partial charge in [0.05, 0.1) is 34.7 Å². The summed E-state index contributed by atoms with van der Waals surface area (Å²) >= 11 is 0. The van der Waals surface area contributed by atoms with Crippen LogP contribution in [-0.2, 0) is 12.8 Å². The fourth-order valence-corrected chi connectivity index (χ4v) is 6.14. The SMILES string of the molecule is CCC(CC)Nc1ncc(C(N)=O)c(C[C@@H]2CCC[C@H](O)C2)n1.CC[C@@H](C)Nc1ncc(C(N)=O)c(C[C@@H]2CCC[C@H](O)C2)n1. The minimum absolute atomic E-state index is 0.240. The van der Waals surface area contributed by atoms with Crippen molar-refractivity contribution in [3.8, 4) is 0 Å². The zero-order valence-corrected chi connectivity index (χ0v) is 27.5. The topological polar surface area (TPSA) is 202 Å². The quantitative estimate of drug-likeness (QED) is 0.187. The van der Waals surface area contributed by atoms with Crippen LogP contribution in [0.2, 0.25) is 0 Å². The minimum atomic E-state index is -0.499. The van der Waals surface area contributed by atoms with Crippen LogP contribution in [-0.4, -0.2) is 66.3 Å². The summed E-state index contributed by atoms with van der Waals surface area (Å²) in [4.78, 5) is 40.7. The van der Waals surface area contributed by atoms with E-state index in [1.807, 2.05) is 0 Å². The normalized spacial score (nSPS) is 22.2. The van der Waals surface area contributed by atoms with Gasteiger partial charge < -0.3 is 32.3 Å². The summed E-state index contributed by atoms with van der Waals surface area (Å²) in [6, 6.07) is 0.586. The molecule has 0 saturated heterocycles. The molecule has 250 valence electrons. The lowest BCUT2D eigenvalue weighted by atomic mass is 9.84. The Balaban J connectivity index is 0.000000246. The highest BCUT2D eigenvalue weighted by Gasteiger charge is 2.25. The maximum absolute atomic E-state index is 11.6. The first-order chi connectivity index (χ1) is 21.5. The van der Waals surface area contributed by atoms with Crippen molar-refractivity contribution in [2.24, 2.45) is 23.3 Å². The average Bonchev–Trinajstić information content (AvgIpc) is 3.00. The lowest BCUT2D eigenvalue weighted by Gasteiger charge is -2.26. The van der Waals surface area contributed by atoms with Crippen LogP contribution in [0.1, 0.15) is 130 Å². The summed E-state index contributed by atoms with van der Waals surface area (Å²) in [5.41, 5.74) is 13.1. The molecule has 2 aliphatic rings. The third-order valence-corrected chi connectivity index (χ3v) is 9.05. The van der Waals surface area contributed by atoms with Gasteiger partial charge in [-0.05, 0) is 89.4 Å². The molecule has 2 aliphatic carbocycles. The number of hydrogen-bond donors (Lipinski definition) is 6. The molecule has 5 atom stereocenters. The van der Waals surface area contributed by atoms with Gasteiger partial charge in [0.25, 0.3) is 11.8 Å². The molecule has 2 fully saturated rings. The second-order valence-corrected chi connectivity index (χ2v) is 12.7. The molecule has 8 N–H and O–H groups in total. The summed E-state index contributed by atoms with van der Waals surface area (Å²) < 4.78 is 0. The van der Waals surface area contributed by atoms with Crippen molar-refractivity contribution in [1.29, 1.82) is 0 Å². The molecule has 2 amide bonds. The molecule has 0 bridgehead atoms. The Morgan fingerprint density at radius 3 is 1.60 bits per heavy atom. The van der Waals surface area contributed by atoms with Gasteiger partial charge >= 0.3 is 0 Å². The highest BCUT2D eigenvalue weighted by molar-refractivity contribution is 5.94. The number of aromatic nitrogens is 4. The molecule has 2 heterocycles. The number of hydrogen-bond acceptors (Lipinski definition) is 10. The molecule has 0 aromatic carbocycles. The van der Waals surface area contributed by atoms with Gasteiger partial charge in [-0.3, -0.25) is 9.59 Å². The summed E-state index contributed by atoms with van der Waals surface area (Å²) in [6.07, 6.45) is 14.2. The summed E-state index contributed by atoms with van der Waals surface area (Å²) in [6.45, 7) is 8.37. The number of carbonyl (C=O) groups excluding carboxylic acids is 2. The van der Waals surface area contributed by atoms with E-state index in [1.165, 1.54) is 12.4 Å². The third-order valence-electron chi connectivity index (χ3n) is 9.05. The number of rotatable bonds is 13. The van der Waals surface area contributed by atoms with Crippen molar-refractivity contribution >= 4 is 23.7 Å². The van der Waals surface area contributed by atoms with Crippen molar-refractivity contribution in [3.05, 3.63) is 34.9 Å². The fraction of sp³-hybridized carbons (Fsp3) is 0.697. The Hall–Kier alpha value is -3.38. The summed E-state index contributed by atoms with van der Waals surface area (Å²) in [7, 11) is 0. The van der Waals surface area contributed by atoms with Gasteiger partial charge in [-0.15, -0.1) is 0 Å². The Morgan fingerprint density at radius 2 is 1.22 bits per heavy atom. The Bertz CT molecular complexity index is 1240. The van der Waals surface area contributed by atoms with E-state index in [-0.39, 0.29) is 18.2 Å². The van der Waals surface area contributed by atoms with Crippen molar-refractivity contribution < 1.29 is 19.8 Å². The highest BCUT2D eigenvalue weighted by atomic mass is 16.3. The molecular weight excluding hydrogens is 572 g/mol. The molecule has 12 nitrogen and oxygen atoms in total. The van der Waals surface area contributed by atoms with Crippen molar-refractivity contribution in [3.63, 3.8) is 0 Å². The molecule has 4 rings (SSSR count). The summed E-state index contributed by atoms with van der Waals surface area (Å²) in [5.74, 6) is 0.772. The van der Waals surface area contributed by atoms with Crippen LogP contribution < -0.4 is 22.1 Å². The van der Waals surface area contributed by atoms with E-state index in [1.54, 1.807) is 0 Å². The van der Waals surface area contributed by atoms with Gasteiger partial charge in [0.2, 0.25) is 11.9 Å². The maximum atomic E-state index is 11.6. The predicted molar refractivity (Wildman–Crippen MR) is 176 cm³/mol. The van der Waals surface area contributed by atoms with Crippen LogP contribution in [0, 0.1) is 11.8 Å². The van der Waals surface area contributed by atoms with E-state index in [4.69, 9.17) is 11.5 Å². The van der Waals surface area contributed by atoms with Crippen LogP contribution >= 0.6 is 0 Å². The summed E-state index contributed by atoms with van der Waals surface area (Å²) in [5, 5.41) is 26.2. The first-order valence-electron chi connectivity index (χ1n) is 16.7. The van der Waals surface area contributed by atoms with Gasteiger partial charge in [0, 0.05) is 24.5 Å². The molecule has 12 heteroatoms. The molecule has 0 spiro atoms. The number of nitrogens with zero attached hydrogens (tertiary/aromatic N) is 4. The van der Waals surface area contributed by atoms with Gasteiger partial charge in [-0.1, -0.05) is 33.6 Å². The second kappa shape index (κ2) is 17.9. The first kappa shape index (κ1) is 36.1. The lowest BCUT2D eigenvalue weighted by molar-refractivity contribution is 0.0975. The zero-order chi connectivity index (χ0) is 32.9. The smallest absolute Gasteiger partial charge is 0.252 e. The standard InChI is InChI=1S/C17H28N4O2.C16H26N4O2/c1-3-12(4-2)20-17-19-10-14(16(18)23)15(21-17)9-11-6-5-7-13(22)8-11;1-3-10(2)19-16-18-9-13(15(17)22)14(20-16)8-11-5-4-6-12(21)7-11/h10-13,22H,3-9H2,1-2H3,(H2,18,23)(H,19,20,21);9-12,21H,3-8H2,1-2H3,(H2,17,22)(H,18,19,20)/t11-,13+;10-,11-,12+/m11/s1. The molecule has 2 aromatic rings. The second-order valence-electron chi connectivity index (χ2n) is 12.7. The minimum Gasteiger partial charge on any atom is -0.393 e. The lowest BCUT2D eigenvalue weighted by Crippen LogP contribution is -2.25. The van der Waals surface area contributed by atoms with E-state index in [0.717, 1.165) is 70.6 Å². The number of aliphatic hydroxyl groups excluding tert-OH is 2. The number of carbonyl (C=O) groups is 2. The van der Waals surface area contributed by atoms with Crippen LogP contribution in [0.4, 0.5) is 11.9 Å². The number of anilines is 2. The molecular formula is C33H54N8O4. The molecule has 2 saturated carbocycles. The third kappa shape index (κ3) is 11.5. The monoisotopic (exact) mass is 626 g/mol. The van der Waals surface area contributed by atoms with E-state index in [2.05, 4.69) is 58.3 Å². The maximum Gasteiger partial charge on any atom is 0.252 e. The number of aliphatic hydroxyl groups is 2. The van der Waals surface area contributed by atoms with Gasteiger partial charge in [-0.25, -0.2) is 19.9 Å². The number of amides is 2. The van der Waals surface area contributed by atoms with Gasteiger partial charge in [0.1, 0.15) is 0 Å². The van der Waals surface area contributed by atoms with Crippen molar-refractivity contribution in [2.45, 2.75) is 135 Å². The van der Waals surface area contributed by atoms with Crippen LogP contribution in [0.25, 0.3) is 0 Å². The molecule has 0 unspecified atom stereocenters. The molecule has 2 aromatic heterocycles. The van der Waals surface area contributed by atoms with E-state index in [9.17, 15) is 19.8 Å². The Labute approximate surface area is 267 Å². The van der Waals surface area contributed by atoms with E-state index >= 15 is 0 Å². The predicted octanol–water partition coefficient (Wildman–Crippen LogP) is 4.15. The van der Waals surface area contributed by atoms with Crippen LogP contribution in [0.5, 0.6) is 0 Å². The Morgan fingerprint density at radius 1 is 0.778 bits per heavy atom. The fourth-order valence-electron chi connectivity index (χ4n) is 6.14. The largest absolute Gasteiger partial charge is 0.393 e. The number of primary amides is 2. The molecule has 0 radical (unpaired) electrons. The Kier molecular flexibility index (Phi) is 14.4. The van der Waals surface area contributed by atoms with Crippen molar-refractivity contribution in [1.82, 2.24) is 19.9 Å².